The number of hydrogen-bond donors (Lipinski definition) is 2. The van der Waals surface area contributed by atoms with Gasteiger partial charge in [-0.2, -0.15) is 0 Å². The first-order chi connectivity index (χ1) is 9.47. The number of anilines is 2. The van der Waals surface area contributed by atoms with Gasteiger partial charge >= 0.3 is 11.7 Å². The number of aromatic nitrogens is 1. The minimum absolute atomic E-state index is 0.0301. The second-order valence-electron chi connectivity index (χ2n) is 3.79. The van der Waals surface area contributed by atoms with Crippen LogP contribution in [0.25, 0.3) is 0 Å². The first kappa shape index (κ1) is 13.8. The van der Waals surface area contributed by atoms with Crippen molar-refractivity contribution in [1.29, 1.82) is 0 Å². The van der Waals surface area contributed by atoms with E-state index in [0.717, 1.165) is 0 Å². The molecule has 1 aromatic carbocycles. The summed E-state index contributed by atoms with van der Waals surface area (Å²) in [4.78, 5) is 24.9. The lowest BCUT2D eigenvalue weighted by molar-refractivity contribution is -0.384. The minimum atomic E-state index is -1.05. The number of halogens is 1. The Labute approximate surface area is 118 Å². The summed E-state index contributed by atoms with van der Waals surface area (Å²) in [6, 6.07) is 6.92. The minimum Gasteiger partial charge on any atom is -0.478 e. The van der Waals surface area contributed by atoms with Crippen LogP contribution in [0.4, 0.5) is 17.2 Å². The molecule has 1 heterocycles. The molecule has 20 heavy (non-hydrogen) atoms. The van der Waals surface area contributed by atoms with E-state index in [0.29, 0.717) is 5.69 Å². The van der Waals surface area contributed by atoms with Gasteiger partial charge in [-0.1, -0.05) is 11.6 Å². The molecule has 0 aliphatic carbocycles. The van der Waals surface area contributed by atoms with Crippen LogP contribution in [-0.4, -0.2) is 21.0 Å². The molecule has 2 N–H and O–H groups in total. The molecule has 0 fully saturated rings. The first-order valence-electron chi connectivity index (χ1n) is 5.37. The standard InChI is InChI=1S/C12H8ClN3O4/c13-8-5-10(16(19)20)11(14-6-8)15-9-3-1-7(2-4-9)12(17)18/h1-6H,(H,14,15)(H,17,18). The Bertz CT molecular complexity index is 673. The lowest BCUT2D eigenvalue weighted by atomic mass is 10.2. The summed E-state index contributed by atoms with van der Waals surface area (Å²) in [7, 11) is 0. The van der Waals surface area contributed by atoms with Gasteiger partial charge in [-0.3, -0.25) is 10.1 Å². The van der Waals surface area contributed by atoms with Crippen molar-refractivity contribution in [2.24, 2.45) is 0 Å². The van der Waals surface area contributed by atoms with Crippen molar-refractivity contribution in [2.75, 3.05) is 5.32 Å². The lowest BCUT2D eigenvalue weighted by Crippen LogP contribution is -2.00. The van der Waals surface area contributed by atoms with E-state index in [1.807, 2.05) is 0 Å². The largest absolute Gasteiger partial charge is 0.478 e. The Morgan fingerprint density at radius 3 is 2.55 bits per heavy atom. The third-order valence-electron chi connectivity index (χ3n) is 2.43. The molecule has 7 nitrogen and oxygen atoms in total. The Balaban J connectivity index is 2.30. The van der Waals surface area contributed by atoms with Crippen LogP contribution >= 0.6 is 11.6 Å². The SMILES string of the molecule is O=C(O)c1ccc(Nc2ncc(Cl)cc2[N+](=O)[O-])cc1. The van der Waals surface area contributed by atoms with Crippen molar-refractivity contribution in [3.8, 4) is 0 Å². The number of carboxylic acid groups (broad SMARTS) is 1. The number of aromatic carboxylic acids is 1. The summed E-state index contributed by atoms with van der Waals surface area (Å²) >= 11 is 5.66. The highest BCUT2D eigenvalue weighted by atomic mass is 35.5. The van der Waals surface area contributed by atoms with Crippen molar-refractivity contribution < 1.29 is 14.8 Å². The average molecular weight is 294 g/mol. The molecule has 0 atom stereocenters. The van der Waals surface area contributed by atoms with E-state index in [-0.39, 0.29) is 22.1 Å². The maximum absolute atomic E-state index is 10.9. The second-order valence-corrected chi connectivity index (χ2v) is 4.22. The fourth-order valence-corrected chi connectivity index (χ4v) is 1.65. The van der Waals surface area contributed by atoms with Crippen molar-refractivity contribution in [3.05, 3.63) is 57.2 Å². The molecule has 0 saturated heterocycles. The first-order valence-corrected chi connectivity index (χ1v) is 5.75. The Morgan fingerprint density at radius 1 is 1.35 bits per heavy atom. The Morgan fingerprint density at radius 2 is 2.00 bits per heavy atom. The van der Waals surface area contributed by atoms with Crippen LogP contribution in [0.3, 0.4) is 0 Å². The van der Waals surface area contributed by atoms with Crippen LogP contribution in [0.2, 0.25) is 5.02 Å². The predicted molar refractivity (Wildman–Crippen MR) is 72.6 cm³/mol. The maximum Gasteiger partial charge on any atom is 0.335 e. The number of nitro groups is 1. The summed E-state index contributed by atoms with van der Waals surface area (Å²) in [5, 5.41) is 22.6. The summed E-state index contributed by atoms with van der Waals surface area (Å²) in [6.07, 6.45) is 1.28. The van der Waals surface area contributed by atoms with E-state index in [2.05, 4.69) is 10.3 Å². The van der Waals surface area contributed by atoms with Gasteiger partial charge < -0.3 is 10.4 Å². The van der Waals surface area contributed by atoms with Crippen molar-refractivity contribution >= 4 is 34.8 Å². The van der Waals surface area contributed by atoms with Crippen LogP contribution in [0, 0.1) is 10.1 Å². The number of rotatable bonds is 4. The van der Waals surface area contributed by atoms with Gasteiger partial charge in [0.05, 0.1) is 15.5 Å². The molecule has 0 spiro atoms. The number of nitrogens with zero attached hydrogens (tertiary/aromatic N) is 2. The summed E-state index contributed by atoms with van der Waals surface area (Å²) in [5.74, 6) is -1.02. The van der Waals surface area contributed by atoms with Gasteiger partial charge in [-0.15, -0.1) is 0 Å². The number of carboxylic acids is 1. The normalized spacial score (nSPS) is 10.1. The predicted octanol–water partition coefficient (Wildman–Crippen LogP) is 3.09. The molecule has 0 saturated carbocycles. The number of carbonyl (C=O) groups is 1. The molecule has 2 aromatic rings. The Kier molecular flexibility index (Phi) is 3.81. The van der Waals surface area contributed by atoms with Crippen LogP contribution in [0.5, 0.6) is 0 Å². The molecule has 0 aliphatic heterocycles. The number of hydrogen-bond acceptors (Lipinski definition) is 5. The van der Waals surface area contributed by atoms with E-state index >= 15 is 0 Å². The summed E-state index contributed by atoms with van der Waals surface area (Å²) < 4.78 is 0. The highest BCUT2D eigenvalue weighted by Gasteiger charge is 2.16. The third-order valence-corrected chi connectivity index (χ3v) is 2.63. The molecular weight excluding hydrogens is 286 g/mol. The van der Waals surface area contributed by atoms with Crippen molar-refractivity contribution in [3.63, 3.8) is 0 Å². The number of pyridine rings is 1. The number of nitrogens with one attached hydrogen (secondary N) is 1. The third kappa shape index (κ3) is 3.01. The molecule has 102 valence electrons. The van der Waals surface area contributed by atoms with Gasteiger partial charge in [0.1, 0.15) is 0 Å². The quantitative estimate of drug-likeness (QED) is 0.663. The molecule has 0 amide bonds. The van der Waals surface area contributed by atoms with Crippen molar-refractivity contribution in [2.45, 2.75) is 0 Å². The van der Waals surface area contributed by atoms with Crippen LogP contribution < -0.4 is 5.32 Å². The molecule has 2 rings (SSSR count). The zero-order valence-electron chi connectivity index (χ0n) is 9.91. The lowest BCUT2D eigenvalue weighted by Gasteiger charge is -2.06. The topological polar surface area (TPSA) is 105 Å². The molecule has 0 aliphatic rings. The van der Waals surface area contributed by atoms with Gasteiger partial charge in [0.15, 0.2) is 0 Å². The highest BCUT2D eigenvalue weighted by molar-refractivity contribution is 6.30. The molecule has 8 heteroatoms. The van der Waals surface area contributed by atoms with Gasteiger partial charge in [-0.05, 0) is 24.3 Å². The van der Waals surface area contributed by atoms with Crippen LogP contribution in [0.1, 0.15) is 10.4 Å². The second kappa shape index (κ2) is 5.54. The molecule has 0 radical (unpaired) electrons. The Hall–Kier alpha value is -2.67. The molecule has 0 unspecified atom stereocenters. The fraction of sp³-hybridized carbons (Fsp3) is 0. The zero-order chi connectivity index (χ0) is 14.7. The van der Waals surface area contributed by atoms with Gasteiger partial charge in [0.2, 0.25) is 5.82 Å². The van der Waals surface area contributed by atoms with Crippen LogP contribution in [0.15, 0.2) is 36.5 Å². The monoisotopic (exact) mass is 293 g/mol. The van der Waals surface area contributed by atoms with Crippen LogP contribution in [-0.2, 0) is 0 Å². The van der Waals surface area contributed by atoms with E-state index in [4.69, 9.17) is 16.7 Å². The summed E-state index contributed by atoms with van der Waals surface area (Å²) in [5.41, 5.74) is 0.335. The highest BCUT2D eigenvalue weighted by Crippen LogP contribution is 2.27. The smallest absolute Gasteiger partial charge is 0.335 e. The van der Waals surface area contributed by atoms with Gasteiger partial charge in [0, 0.05) is 18.0 Å². The number of benzene rings is 1. The maximum atomic E-state index is 10.9. The molecule has 1 aromatic heterocycles. The van der Waals surface area contributed by atoms with Gasteiger partial charge in [0.25, 0.3) is 0 Å². The zero-order valence-corrected chi connectivity index (χ0v) is 10.7. The van der Waals surface area contributed by atoms with Gasteiger partial charge in [-0.25, -0.2) is 9.78 Å². The molecule has 0 bridgehead atoms. The van der Waals surface area contributed by atoms with E-state index in [1.54, 1.807) is 0 Å². The fourth-order valence-electron chi connectivity index (χ4n) is 1.50. The van der Waals surface area contributed by atoms with Crippen molar-refractivity contribution in [1.82, 2.24) is 4.98 Å². The average Bonchev–Trinajstić information content (AvgIpc) is 2.41. The van der Waals surface area contributed by atoms with E-state index in [9.17, 15) is 14.9 Å². The summed E-state index contributed by atoms with van der Waals surface area (Å²) in [6.45, 7) is 0. The molecular formula is C12H8ClN3O4. The van der Waals surface area contributed by atoms with E-state index in [1.165, 1.54) is 36.5 Å². The van der Waals surface area contributed by atoms with E-state index < -0.39 is 10.9 Å².